The van der Waals surface area contributed by atoms with Crippen LogP contribution >= 0.6 is 0 Å². The average molecular weight is 575 g/mol. The standard InChI is InChI=1S/C28H30O13/c1-12(24(32)33)37-25(34)21(38-13(2)29)22(39-14(3)30)26(35)40-18-8-10-28(36)16-5-4-9-27(28)19-15(11-16)6-7-17(31)20(19)41-23(18)27/h6-8,12,16,21-23,31,36H,4-5,9-11H2,1-3H3,(H,32,33)/t12-,16+,21+,22+,23-,27-,28+/m0/s1. The lowest BCUT2D eigenvalue weighted by Crippen LogP contribution is -2.67. The first kappa shape index (κ1) is 28.4. The maximum Gasteiger partial charge on any atom is 0.357 e. The minimum Gasteiger partial charge on any atom is -0.504 e. The Bertz CT molecular complexity index is 1360. The van der Waals surface area contributed by atoms with Crippen LogP contribution in [0, 0.1) is 5.92 Å². The molecule has 1 aliphatic heterocycles. The van der Waals surface area contributed by atoms with Gasteiger partial charge in [0.05, 0.1) is 11.0 Å². The molecule has 0 unspecified atom stereocenters. The highest BCUT2D eigenvalue weighted by atomic mass is 16.6. The number of phenolic OH excluding ortho intramolecular Hbond substituents is 1. The highest BCUT2D eigenvalue weighted by Gasteiger charge is 2.71. The molecule has 0 amide bonds. The number of ether oxygens (including phenoxy) is 5. The van der Waals surface area contributed by atoms with Gasteiger partial charge in [-0.2, -0.15) is 0 Å². The van der Waals surface area contributed by atoms with E-state index in [1.165, 1.54) is 12.1 Å². The predicted molar refractivity (Wildman–Crippen MR) is 133 cm³/mol. The number of phenols is 1. The Kier molecular flexibility index (Phi) is 6.96. The maximum atomic E-state index is 13.5. The van der Waals surface area contributed by atoms with Crippen molar-refractivity contribution in [3.8, 4) is 11.5 Å². The third-order valence-electron chi connectivity index (χ3n) is 8.45. The lowest BCUT2D eigenvalue weighted by Gasteiger charge is -2.59. The quantitative estimate of drug-likeness (QED) is 0.296. The first-order valence-corrected chi connectivity index (χ1v) is 13.2. The van der Waals surface area contributed by atoms with E-state index < -0.39 is 65.3 Å². The second-order valence-electron chi connectivity index (χ2n) is 10.8. The van der Waals surface area contributed by atoms with Crippen LogP contribution in [-0.2, 0) is 54.8 Å². The van der Waals surface area contributed by atoms with E-state index in [1.54, 1.807) is 6.07 Å². The zero-order valence-electron chi connectivity index (χ0n) is 22.6. The molecule has 4 aliphatic rings. The van der Waals surface area contributed by atoms with Gasteiger partial charge >= 0.3 is 29.8 Å². The van der Waals surface area contributed by atoms with Crippen LogP contribution in [0.1, 0.15) is 57.6 Å². The van der Waals surface area contributed by atoms with Gasteiger partial charge in [-0.1, -0.05) is 12.5 Å². The Morgan fingerprint density at radius 3 is 2.32 bits per heavy atom. The Morgan fingerprint density at radius 2 is 1.68 bits per heavy atom. The SMILES string of the molecule is CC(=O)O[C@@H](C(=O)OC1=CC[C@@]2(O)[C@@H]3CCC[C@@]24c2c(ccc(O)c2O[C@@H]14)C3)[C@@H](OC(C)=O)C(=O)O[C@@H](C)C(=O)O. The molecule has 0 aromatic heterocycles. The summed E-state index contributed by atoms with van der Waals surface area (Å²) in [5.41, 5.74) is -0.692. The van der Waals surface area contributed by atoms with E-state index in [0.29, 0.717) is 18.4 Å². The fourth-order valence-electron chi connectivity index (χ4n) is 6.82. The number of hydrogen-bond donors (Lipinski definition) is 3. The van der Waals surface area contributed by atoms with Gasteiger partial charge in [-0.25, -0.2) is 14.4 Å². The van der Waals surface area contributed by atoms with Crippen LogP contribution in [0.5, 0.6) is 11.5 Å². The van der Waals surface area contributed by atoms with Crippen molar-refractivity contribution in [1.29, 1.82) is 0 Å². The fraction of sp³-hybridized carbons (Fsp3) is 0.536. The average Bonchev–Trinajstić information content (AvgIpc) is 3.24. The molecular formula is C28H30O13. The number of rotatable bonds is 8. The first-order chi connectivity index (χ1) is 19.3. The van der Waals surface area contributed by atoms with E-state index in [4.69, 9.17) is 28.8 Å². The number of aromatic hydroxyl groups is 1. The van der Waals surface area contributed by atoms with Crippen molar-refractivity contribution in [2.45, 2.75) is 88.3 Å². The Balaban J connectivity index is 1.50. The molecule has 1 aromatic carbocycles. The van der Waals surface area contributed by atoms with E-state index in [-0.39, 0.29) is 29.6 Å². The molecule has 1 aromatic rings. The second-order valence-corrected chi connectivity index (χ2v) is 10.8. The summed E-state index contributed by atoms with van der Waals surface area (Å²) in [5, 5.41) is 31.8. The molecule has 220 valence electrons. The predicted octanol–water partition coefficient (Wildman–Crippen LogP) is 1.19. The van der Waals surface area contributed by atoms with Crippen LogP contribution in [0.3, 0.4) is 0 Å². The molecule has 3 aliphatic carbocycles. The third-order valence-corrected chi connectivity index (χ3v) is 8.45. The number of esters is 4. The van der Waals surface area contributed by atoms with Gasteiger partial charge in [-0.05, 0) is 56.2 Å². The normalized spacial score (nSPS) is 28.9. The molecule has 3 N–H and O–H groups in total. The molecule has 5 rings (SSSR count). The van der Waals surface area contributed by atoms with Gasteiger partial charge in [0.25, 0.3) is 0 Å². The van der Waals surface area contributed by atoms with E-state index in [0.717, 1.165) is 39.2 Å². The summed E-state index contributed by atoms with van der Waals surface area (Å²) in [7, 11) is 0. The Hall–Kier alpha value is -4.13. The number of benzene rings is 1. The Labute approximate surface area is 234 Å². The molecule has 41 heavy (non-hydrogen) atoms. The van der Waals surface area contributed by atoms with Gasteiger partial charge in [-0.15, -0.1) is 0 Å². The van der Waals surface area contributed by atoms with Crippen LogP contribution < -0.4 is 4.74 Å². The van der Waals surface area contributed by atoms with Gasteiger partial charge < -0.3 is 39.0 Å². The van der Waals surface area contributed by atoms with Crippen LogP contribution in [-0.4, -0.2) is 75.2 Å². The first-order valence-electron chi connectivity index (χ1n) is 13.2. The number of aliphatic carboxylic acids is 1. The molecule has 7 atom stereocenters. The van der Waals surface area contributed by atoms with Crippen LogP contribution in [0.25, 0.3) is 0 Å². The molecule has 1 fully saturated rings. The maximum absolute atomic E-state index is 13.5. The summed E-state index contributed by atoms with van der Waals surface area (Å²) >= 11 is 0. The van der Waals surface area contributed by atoms with Gasteiger partial charge in [-0.3, -0.25) is 9.59 Å². The van der Waals surface area contributed by atoms with Gasteiger partial charge in [0.1, 0.15) is 5.76 Å². The summed E-state index contributed by atoms with van der Waals surface area (Å²) < 4.78 is 26.6. The minimum absolute atomic E-state index is 0.0465. The highest BCUT2D eigenvalue weighted by molar-refractivity contribution is 5.90. The topological polar surface area (TPSA) is 192 Å². The molecule has 1 heterocycles. The molecular weight excluding hydrogens is 544 g/mol. The summed E-state index contributed by atoms with van der Waals surface area (Å²) in [6, 6.07) is 3.31. The lowest BCUT2D eigenvalue weighted by atomic mass is 9.47. The zero-order valence-corrected chi connectivity index (χ0v) is 22.6. The number of carboxylic acids is 1. The van der Waals surface area contributed by atoms with Gasteiger partial charge in [0.2, 0.25) is 12.2 Å². The summed E-state index contributed by atoms with van der Waals surface area (Å²) in [6.45, 7) is 2.91. The summed E-state index contributed by atoms with van der Waals surface area (Å²) in [5.74, 6) is -6.46. The summed E-state index contributed by atoms with van der Waals surface area (Å²) in [6.07, 6.45) is -2.88. The molecule has 13 heteroatoms. The van der Waals surface area contributed by atoms with E-state index >= 15 is 0 Å². The van der Waals surface area contributed by atoms with Crippen molar-refractivity contribution in [2.75, 3.05) is 0 Å². The van der Waals surface area contributed by atoms with Crippen LogP contribution in [0.15, 0.2) is 24.0 Å². The summed E-state index contributed by atoms with van der Waals surface area (Å²) in [4.78, 5) is 61.2. The minimum atomic E-state index is -2.18. The molecule has 0 saturated heterocycles. The van der Waals surface area contributed by atoms with Crippen molar-refractivity contribution in [2.24, 2.45) is 5.92 Å². The van der Waals surface area contributed by atoms with Crippen molar-refractivity contribution in [1.82, 2.24) is 0 Å². The molecule has 1 spiro atoms. The van der Waals surface area contributed by atoms with E-state index in [9.17, 15) is 34.2 Å². The van der Waals surface area contributed by atoms with Crippen LogP contribution in [0.4, 0.5) is 0 Å². The largest absolute Gasteiger partial charge is 0.504 e. The third kappa shape index (κ3) is 4.39. The fourth-order valence-corrected chi connectivity index (χ4v) is 6.82. The number of carboxylic acid groups (broad SMARTS) is 1. The van der Waals surface area contributed by atoms with Crippen molar-refractivity contribution in [3.63, 3.8) is 0 Å². The number of carbonyl (C=O) groups is 5. The number of carbonyl (C=O) groups excluding carboxylic acids is 4. The van der Waals surface area contributed by atoms with Gasteiger partial charge in [0, 0.05) is 19.4 Å². The van der Waals surface area contributed by atoms with Crippen LogP contribution in [0.2, 0.25) is 0 Å². The Morgan fingerprint density at radius 1 is 1.02 bits per heavy atom. The molecule has 2 bridgehead atoms. The lowest BCUT2D eigenvalue weighted by molar-refractivity contribution is -0.194. The molecule has 13 nitrogen and oxygen atoms in total. The van der Waals surface area contributed by atoms with Crippen molar-refractivity contribution in [3.05, 3.63) is 35.1 Å². The number of hydrogen-bond acceptors (Lipinski definition) is 12. The van der Waals surface area contributed by atoms with Crippen molar-refractivity contribution < 1.29 is 63.0 Å². The van der Waals surface area contributed by atoms with Gasteiger partial charge in [0.15, 0.2) is 23.7 Å². The highest BCUT2D eigenvalue weighted by Crippen LogP contribution is 2.67. The van der Waals surface area contributed by atoms with E-state index in [2.05, 4.69) is 0 Å². The van der Waals surface area contributed by atoms with Crippen molar-refractivity contribution >= 4 is 29.8 Å². The van der Waals surface area contributed by atoms with E-state index in [1.807, 2.05) is 0 Å². The molecule has 0 radical (unpaired) electrons. The smallest absolute Gasteiger partial charge is 0.357 e. The number of aliphatic hydroxyl groups is 1. The monoisotopic (exact) mass is 574 g/mol. The zero-order chi connectivity index (χ0) is 29.9. The second kappa shape index (κ2) is 10.1. The molecule has 1 saturated carbocycles.